The maximum absolute atomic E-state index is 11.9. The Morgan fingerprint density at radius 3 is 2.30 bits per heavy atom. The van der Waals surface area contributed by atoms with Gasteiger partial charge < -0.3 is 10.0 Å². The van der Waals surface area contributed by atoms with Crippen molar-refractivity contribution in [2.75, 3.05) is 0 Å². The van der Waals surface area contributed by atoms with Crippen molar-refractivity contribution in [2.45, 2.75) is 36.9 Å². The number of carbonyl (C=O) groups is 2. The number of carboxylic acids is 1. The molecular weight excluding hydrogens is 342 g/mol. The summed E-state index contributed by atoms with van der Waals surface area (Å²) in [5.41, 5.74) is 0.935. The van der Waals surface area contributed by atoms with E-state index in [0.29, 0.717) is 0 Å². The minimum atomic E-state index is -0.961. The van der Waals surface area contributed by atoms with Crippen LogP contribution in [0.15, 0.2) is 28.7 Å². The fourth-order valence-corrected chi connectivity index (χ4v) is 4.36. The number of halogens is 1. The molecule has 1 aromatic carbocycles. The normalized spacial score (nSPS) is 24.7. The Balaban J connectivity index is 2.45. The van der Waals surface area contributed by atoms with Gasteiger partial charge in [0.2, 0.25) is 5.91 Å². The molecule has 1 N–H and O–H groups in total. The Morgan fingerprint density at radius 2 is 1.85 bits per heavy atom. The molecule has 1 saturated heterocycles. The summed E-state index contributed by atoms with van der Waals surface area (Å²) in [5, 5.41) is 9.20. The summed E-state index contributed by atoms with van der Waals surface area (Å²) in [4.78, 5) is 25.0. The number of hydrogen-bond donors (Lipinski definition) is 1. The van der Waals surface area contributed by atoms with E-state index in [0.717, 1.165) is 10.0 Å². The lowest BCUT2D eigenvalue weighted by molar-refractivity contribution is -0.150. The predicted molar refractivity (Wildman–Crippen MR) is 82.5 cm³/mol. The summed E-state index contributed by atoms with van der Waals surface area (Å²) in [6.45, 7) is 5.15. The Hall–Kier alpha value is -1.01. The highest BCUT2D eigenvalue weighted by molar-refractivity contribution is 9.10. The van der Waals surface area contributed by atoms with Gasteiger partial charge in [0.05, 0.1) is 0 Å². The van der Waals surface area contributed by atoms with Crippen LogP contribution in [0.5, 0.6) is 0 Å². The molecule has 0 spiro atoms. The zero-order valence-corrected chi connectivity index (χ0v) is 13.9. The first-order valence-electron chi connectivity index (χ1n) is 6.19. The van der Waals surface area contributed by atoms with E-state index in [1.165, 1.54) is 23.6 Å². The lowest BCUT2D eigenvalue weighted by Gasteiger charge is -2.28. The molecule has 1 heterocycles. The minimum Gasteiger partial charge on any atom is -0.480 e. The summed E-state index contributed by atoms with van der Waals surface area (Å²) in [6.07, 6.45) is 0. The molecule has 0 aromatic heterocycles. The molecule has 20 heavy (non-hydrogen) atoms. The summed E-state index contributed by atoms with van der Waals surface area (Å²) in [7, 11) is 0. The van der Waals surface area contributed by atoms with Crippen LogP contribution in [-0.4, -0.2) is 32.7 Å². The SMILES string of the molecule is CC(=O)N1[C@@H](C(=O)O)C(C)(C)S[C@H]1c1ccc(Br)cc1. The standard InChI is InChI=1S/C14H16BrNO3S/c1-8(17)16-11(13(18)19)14(2,3)20-12(16)9-4-6-10(15)7-5-9/h4-7,11-12H,1-3H3,(H,18,19)/t11-,12-/m0/s1. The molecule has 1 aliphatic rings. The highest BCUT2D eigenvalue weighted by atomic mass is 79.9. The second-order valence-corrected chi connectivity index (χ2v) is 7.94. The minimum absolute atomic E-state index is 0.219. The second-order valence-electron chi connectivity index (χ2n) is 5.29. The number of benzene rings is 1. The molecule has 2 atom stereocenters. The molecule has 1 amide bonds. The molecule has 108 valence electrons. The Labute approximate surface area is 130 Å². The largest absolute Gasteiger partial charge is 0.480 e. The lowest BCUT2D eigenvalue weighted by Crippen LogP contribution is -2.48. The van der Waals surface area contributed by atoms with Crippen LogP contribution in [0, 0.1) is 0 Å². The summed E-state index contributed by atoms with van der Waals surface area (Å²) in [6, 6.07) is 6.80. The zero-order valence-electron chi connectivity index (χ0n) is 11.5. The zero-order chi connectivity index (χ0) is 15.1. The topological polar surface area (TPSA) is 57.6 Å². The van der Waals surface area contributed by atoms with Crippen molar-refractivity contribution in [1.29, 1.82) is 0 Å². The van der Waals surface area contributed by atoms with Gasteiger partial charge in [-0.2, -0.15) is 0 Å². The van der Waals surface area contributed by atoms with Crippen molar-refractivity contribution < 1.29 is 14.7 Å². The quantitative estimate of drug-likeness (QED) is 0.882. The number of rotatable bonds is 2. The Kier molecular flexibility index (Phi) is 4.16. The van der Waals surface area contributed by atoms with Gasteiger partial charge in [-0.3, -0.25) is 4.79 Å². The number of carboxylic acid groups (broad SMARTS) is 1. The third kappa shape index (κ3) is 2.72. The molecule has 6 heteroatoms. The van der Waals surface area contributed by atoms with Crippen LogP contribution in [0.4, 0.5) is 0 Å². The average Bonchev–Trinajstić information content (AvgIpc) is 2.62. The van der Waals surface area contributed by atoms with Crippen LogP contribution in [-0.2, 0) is 9.59 Å². The van der Waals surface area contributed by atoms with Crippen molar-refractivity contribution >= 4 is 39.6 Å². The fraction of sp³-hybridized carbons (Fsp3) is 0.429. The third-order valence-corrected chi connectivity index (χ3v) is 5.44. The smallest absolute Gasteiger partial charge is 0.327 e. The summed E-state index contributed by atoms with van der Waals surface area (Å²) >= 11 is 4.88. The van der Waals surface area contributed by atoms with Crippen molar-refractivity contribution in [3.8, 4) is 0 Å². The highest BCUT2D eigenvalue weighted by Gasteiger charge is 2.52. The van der Waals surface area contributed by atoms with Gasteiger partial charge in [0.1, 0.15) is 11.4 Å². The molecule has 0 aliphatic carbocycles. The van der Waals surface area contributed by atoms with Crippen LogP contribution < -0.4 is 0 Å². The van der Waals surface area contributed by atoms with E-state index in [-0.39, 0.29) is 11.3 Å². The molecule has 2 rings (SSSR count). The van der Waals surface area contributed by atoms with Crippen LogP contribution in [0.2, 0.25) is 0 Å². The first kappa shape index (κ1) is 15.4. The molecule has 0 unspecified atom stereocenters. The number of thioether (sulfide) groups is 1. The molecule has 0 saturated carbocycles. The predicted octanol–water partition coefficient (Wildman–Crippen LogP) is 3.27. The molecule has 1 fully saturated rings. The molecule has 0 bridgehead atoms. The molecular formula is C14H16BrNO3S. The Bertz CT molecular complexity index is 544. The van der Waals surface area contributed by atoms with E-state index in [2.05, 4.69) is 15.9 Å². The van der Waals surface area contributed by atoms with Crippen molar-refractivity contribution in [2.24, 2.45) is 0 Å². The maximum Gasteiger partial charge on any atom is 0.327 e. The van der Waals surface area contributed by atoms with E-state index in [1.54, 1.807) is 0 Å². The number of aliphatic carboxylic acids is 1. The van der Waals surface area contributed by atoms with Crippen LogP contribution in [0.25, 0.3) is 0 Å². The van der Waals surface area contributed by atoms with Gasteiger partial charge in [-0.25, -0.2) is 4.79 Å². The van der Waals surface area contributed by atoms with Crippen molar-refractivity contribution in [1.82, 2.24) is 4.90 Å². The van der Waals surface area contributed by atoms with E-state index in [9.17, 15) is 14.7 Å². The van der Waals surface area contributed by atoms with E-state index < -0.39 is 16.8 Å². The van der Waals surface area contributed by atoms with Crippen LogP contribution in [0.3, 0.4) is 0 Å². The average molecular weight is 358 g/mol. The Morgan fingerprint density at radius 1 is 1.30 bits per heavy atom. The first-order chi connectivity index (χ1) is 9.24. The van der Waals surface area contributed by atoms with Gasteiger partial charge >= 0.3 is 5.97 Å². The monoisotopic (exact) mass is 357 g/mol. The van der Waals surface area contributed by atoms with E-state index in [4.69, 9.17) is 0 Å². The highest BCUT2D eigenvalue weighted by Crippen LogP contribution is 2.52. The van der Waals surface area contributed by atoms with Crippen LogP contribution >= 0.6 is 27.7 Å². The van der Waals surface area contributed by atoms with Crippen molar-refractivity contribution in [3.05, 3.63) is 34.3 Å². The summed E-state index contributed by atoms with van der Waals surface area (Å²) in [5.74, 6) is -1.18. The number of hydrogen-bond acceptors (Lipinski definition) is 3. The fourth-order valence-electron chi connectivity index (χ4n) is 2.50. The van der Waals surface area contributed by atoms with Gasteiger partial charge in [0.15, 0.2) is 0 Å². The van der Waals surface area contributed by atoms with Crippen molar-refractivity contribution in [3.63, 3.8) is 0 Å². The number of carbonyl (C=O) groups excluding carboxylic acids is 1. The molecule has 1 aromatic rings. The van der Waals surface area contributed by atoms with Gasteiger partial charge in [-0.05, 0) is 31.5 Å². The van der Waals surface area contributed by atoms with E-state index >= 15 is 0 Å². The van der Waals surface area contributed by atoms with Gasteiger partial charge in [-0.1, -0.05) is 28.1 Å². The summed E-state index contributed by atoms with van der Waals surface area (Å²) < 4.78 is 0.419. The number of amides is 1. The van der Waals surface area contributed by atoms with Gasteiger partial charge in [0.25, 0.3) is 0 Å². The number of nitrogens with zero attached hydrogens (tertiary/aromatic N) is 1. The van der Waals surface area contributed by atoms with E-state index in [1.807, 2.05) is 38.1 Å². The molecule has 4 nitrogen and oxygen atoms in total. The van der Waals surface area contributed by atoms with Gasteiger partial charge in [0, 0.05) is 16.1 Å². The second kappa shape index (κ2) is 5.41. The lowest BCUT2D eigenvalue weighted by atomic mass is 10.0. The van der Waals surface area contributed by atoms with Crippen LogP contribution in [0.1, 0.15) is 31.7 Å². The molecule has 0 radical (unpaired) electrons. The first-order valence-corrected chi connectivity index (χ1v) is 7.86. The van der Waals surface area contributed by atoms with Gasteiger partial charge in [-0.15, -0.1) is 11.8 Å². The maximum atomic E-state index is 11.9. The molecule has 1 aliphatic heterocycles. The third-order valence-electron chi connectivity index (χ3n) is 3.36.